The first-order valence-electron chi connectivity index (χ1n) is 4.67. The van der Waals surface area contributed by atoms with Crippen molar-refractivity contribution in [2.45, 2.75) is 9.79 Å². The van der Waals surface area contributed by atoms with Crippen LogP contribution in [0.5, 0.6) is 0 Å². The summed E-state index contributed by atoms with van der Waals surface area (Å²) in [5, 5.41) is 8.57. The molecule has 0 aliphatic heterocycles. The van der Waals surface area contributed by atoms with Gasteiger partial charge >= 0.3 is 0 Å². The van der Waals surface area contributed by atoms with Crippen LogP contribution in [0.2, 0.25) is 0 Å². The molecule has 0 fully saturated rings. The molecule has 2 nitrogen and oxygen atoms in total. The lowest BCUT2D eigenvalue weighted by Crippen LogP contribution is -1.90. The summed E-state index contributed by atoms with van der Waals surface area (Å²) in [7, 11) is 0. The van der Waals surface area contributed by atoms with Gasteiger partial charge in [-0.15, -0.1) is 0 Å². The average Bonchev–Trinajstić information content (AvgIpc) is 2.35. The molecule has 1 aromatic heterocycles. The number of benzene rings is 1. The first kappa shape index (κ1) is 11.6. The lowest BCUT2D eigenvalue weighted by atomic mass is 10.2. The monoisotopic (exact) mass is 248 g/mol. The second-order valence-electron chi connectivity index (χ2n) is 3.17. The molecule has 2 rings (SSSR count). The van der Waals surface area contributed by atoms with Gasteiger partial charge in [-0.2, -0.15) is 5.26 Å². The SMILES string of the molecule is N#Cc1cc(F)c(Sc2ccncc2)c(F)c1. The first-order valence-corrected chi connectivity index (χ1v) is 5.49. The van der Waals surface area contributed by atoms with Crippen molar-refractivity contribution >= 4 is 11.8 Å². The number of nitriles is 1. The molecule has 0 aliphatic rings. The van der Waals surface area contributed by atoms with Gasteiger partial charge in [0.25, 0.3) is 0 Å². The van der Waals surface area contributed by atoms with Crippen molar-refractivity contribution in [2.75, 3.05) is 0 Å². The standard InChI is InChI=1S/C12H6F2N2S/c13-10-5-8(7-15)6-11(14)12(10)17-9-1-3-16-4-2-9/h1-6H. The van der Waals surface area contributed by atoms with E-state index in [0.29, 0.717) is 4.90 Å². The molecular weight excluding hydrogens is 242 g/mol. The molecule has 17 heavy (non-hydrogen) atoms. The van der Waals surface area contributed by atoms with Gasteiger partial charge in [-0.3, -0.25) is 4.98 Å². The number of hydrogen-bond acceptors (Lipinski definition) is 3. The van der Waals surface area contributed by atoms with Crippen LogP contribution in [0.3, 0.4) is 0 Å². The van der Waals surface area contributed by atoms with Crippen LogP contribution in [0.25, 0.3) is 0 Å². The predicted octanol–water partition coefficient (Wildman–Crippen LogP) is 3.38. The number of nitrogens with zero attached hydrogens (tertiary/aromatic N) is 2. The Balaban J connectivity index is 2.38. The molecule has 0 spiro atoms. The van der Waals surface area contributed by atoms with Crippen molar-refractivity contribution in [2.24, 2.45) is 0 Å². The Labute approximate surface area is 101 Å². The highest BCUT2D eigenvalue weighted by Crippen LogP contribution is 2.32. The molecule has 0 atom stereocenters. The Morgan fingerprint density at radius 1 is 1.12 bits per heavy atom. The minimum Gasteiger partial charge on any atom is -0.265 e. The van der Waals surface area contributed by atoms with Gasteiger partial charge < -0.3 is 0 Å². The lowest BCUT2D eigenvalue weighted by Gasteiger charge is -2.04. The third-order valence-corrected chi connectivity index (χ3v) is 3.10. The number of aromatic nitrogens is 1. The zero-order chi connectivity index (χ0) is 12.3. The van der Waals surface area contributed by atoms with Crippen molar-refractivity contribution in [3.63, 3.8) is 0 Å². The summed E-state index contributed by atoms with van der Waals surface area (Å²) in [6.07, 6.45) is 3.09. The summed E-state index contributed by atoms with van der Waals surface area (Å²) in [5.74, 6) is -1.47. The number of halogens is 2. The van der Waals surface area contributed by atoms with E-state index in [9.17, 15) is 8.78 Å². The Morgan fingerprint density at radius 2 is 1.71 bits per heavy atom. The van der Waals surface area contributed by atoms with Crippen molar-refractivity contribution in [1.82, 2.24) is 4.98 Å². The van der Waals surface area contributed by atoms with E-state index in [4.69, 9.17) is 5.26 Å². The molecule has 0 N–H and O–H groups in total. The third kappa shape index (κ3) is 2.60. The van der Waals surface area contributed by atoms with Crippen LogP contribution in [0.4, 0.5) is 8.78 Å². The van der Waals surface area contributed by atoms with Gasteiger partial charge in [-0.25, -0.2) is 8.78 Å². The van der Waals surface area contributed by atoms with Crippen LogP contribution >= 0.6 is 11.8 Å². The molecule has 1 aromatic carbocycles. The Kier molecular flexibility index (Phi) is 3.35. The number of pyridine rings is 1. The topological polar surface area (TPSA) is 36.7 Å². The Hall–Kier alpha value is -1.93. The Morgan fingerprint density at radius 3 is 2.24 bits per heavy atom. The fourth-order valence-corrected chi connectivity index (χ4v) is 2.05. The summed E-state index contributed by atoms with van der Waals surface area (Å²) in [5.41, 5.74) is -0.0286. The van der Waals surface area contributed by atoms with Gasteiger partial charge in [0, 0.05) is 17.3 Å². The van der Waals surface area contributed by atoms with Gasteiger partial charge in [0.05, 0.1) is 16.5 Å². The van der Waals surface area contributed by atoms with E-state index in [-0.39, 0.29) is 10.5 Å². The fraction of sp³-hybridized carbons (Fsp3) is 0. The largest absolute Gasteiger partial charge is 0.265 e. The Bertz CT molecular complexity index is 556. The molecule has 0 radical (unpaired) electrons. The van der Waals surface area contributed by atoms with E-state index in [1.807, 2.05) is 0 Å². The maximum atomic E-state index is 13.6. The highest BCUT2D eigenvalue weighted by atomic mass is 32.2. The average molecular weight is 248 g/mol. The van der Waals surface area contributed by atoms with Gasteiger partial charge in [0.1, 0.15) is 11.6 Å². The first-order chi connectivity index (χ1) is 8.20. The van der Waals surface area contributed by atoms with Gasteiger partial charge in [-0.05, 0) is 24.3 Å². The molecule has 0 saturated carbocycles. The molecule has 84 valence electrons. The summed E-state index contributed by atoms with van der Waals surface area (Å²) >= 11 is 0.961. The maximum absolute atomic E-state index is 13.6. The highest BCUT2D eigenvalue weighted by Gasteiger charge is 2.12. The molecule has 0 bridgehead atoms. The van der Waals surface area contributed by atoms with E-state index in [0.717, 1.165) is 23.9 Å². The smallest absolute Gasteiger partial charge is 0.141 e. The summed E-state index contributed by atoms with van der Waals surface area (Å²) in [6.45, 7) is 0. The van der Waals surface area contributed by atoms with Crippen LogP contribution in [-0.4, -0.2) is 4.98 Å². The highest BCUT2D eigenvalue weighted by molar-refractivity contribution is 7.99. The number of hydrogen-bond donors (Lipinski definition) is 0. The minimum absolute atomic E-state index is 0.0286. The molecular formula is C12H6F2N2S. The van der Waals surface area contributed by atoms with E-state index in [2.05, 4.69) is 4.98 Å². The van der Waals surface area contributed by atoms with Crippen LogP contribution in [0.15, 0.2) is 46.5 Å². The zero-order valence-electron chi connectivity index (χ0n) is 8.52. The summed E-state index contributed by atoms with van der Waals surface area (Å²) < 4.78 is 27.1. The van der Waals surface area contributed by atoms with Crippen LogP contribution in [0, 0.1) is 23.0 Å². The van der Waals surface area contributed by atoms with Gasteiger partial charge in [-0.1, -0.05) is 11.8 Å². The summed E-state index contributed by atoms with van der Waals surface area (Å²) in [4.78, 5) is 4.38. The van der Waals surface area contributed by atoms with Crippen molar-refractivity contribution in [3.05, 3.63) is 53.9 Å². The van der Waals surface area contributed by atoms with Gasteiger partial charge in [0.15, 0.2) is 0 Å². The molecule has 1 heterocycles. The number of rotatable bonds is 2. The lowest BCUT2D eigenvalue weighted by molar-refractivity contribution is 0.540. The zero-order valence-corrected chi connectivity index (χ0v) is 9.34. The molecule has 0 amide bonds. The third-order valence-electron chi connectivity index (χ3n) is 2.00. The minimum atomic E-state index is -0.733. The molecule has 5 heteroatoms. The second-order valence-corrected chi connectivity index (χ2v) is 4.25. The van der Waals surface area contributed by atoms with Crippen LogP contribution in [0.1, 0.15) is 5.56 Å². The normalized spacial score (nSPS) is 9.94. The van der Waals surface area contributed by atoms with E-state index >= 15 is 0 Å². The molecule has 2 aromatic rings. The van der Waals surface area contributed by atoms with E-state index in [1.54, 1.807) is 30.6 Å². The van der Waals surface area contributed by atoms with Crippen LogP contribution < -0.4 is 0 Å². The molecule has 0 saturated heterocycles. The summed E-state index contributed by atoms with van der Waals surface area (Å²) in [6, 6.07) is 7.05. The van der Waals surface area contributed by atoms with E-state index in [1.165, 1.54) is 0 Å². The quantitative estimate of drug-likeness (QED) is 0.817. The van der Waals surface area contributed by atoms with Gasteiger partial charge in [0.2, 0.25) is 0 Å². The molecule has 0 aliphatic carbocycles. The fourth-order valence-electron chi connectivity index (χ4n) is 1.25. The van der Waals surface area contributed by atoms with Crippen LogP contribution in [-0.2, 0) is 0 Å². The predicted molar refractivity (Wildman–Crippen MR) is 59.4 cm³/mol. The van der Waals surface area contributed by atoms with Crippen molar-refractivity contribution in [3.8, 4) is 6.07 Å². The van der Waals surface area contributed by atoms with Crippen molar-refractivity contribution in [1.29, 1.82) is 5.26 Å². The van der Waals surface area contributed by atoms with E-state index < -0.39 is 11.6 Å². The van der Waals surface area contributed by atoms with Crippen molar-refractivity contribution < 1.29 is 8.78 Å². The second kappa shape index (κ2) is 4.93. The maximum Gasteiger partial charge on any atom is 0.141 e. The molecule has 0 unspecified atom stereocenters.